The highest BCUT2D eigenvalue weighted by molar-refractivity contribution is 7.89. The number of hydrogen-bond donors (Lipinski definition) is 1. The molecule has 2 N–H and O–H groups in total. The van der Waals surface area contributed by atoms with Gasteiger partial charge < -0.3 is 10.3 Å². The molecule has 0 aliphatic carbocycles. The number of nitrogens with zero attached hydrogens (tertiary/aromatic N) is 3. The van der Waals surface area contributed by atoms with Gasteiger partial charge in [-0.25, -0.2) is 13.4 Å². The average molecular weight is 272 g/mol. The van der Waals surface area contributed by atoms with Gasteiger partial charge in [-0.05, 0) is 25.7 Å². The molecule has 7 heteroatoms. The molecular formula is C11H20N4O2S. The summed E-state index contributed by atoms with van der Waals surface area (Å²) in [6.45, 7) is 5.10. The minimum atomic E-state index is -3.56. The molecule has 1 fully saturated rings. The molecule has 1 aliphatic rings. The highest BCUT2D eigenvalue weighted by atomic mass is 32.2. The number of hydrogen-bond acceptors (Lipinski definition) is 4. The molecular weight excluding hydrogens is 252 g/mol. The maximum absolute atomic E-state index is 12.4. The molecule has 0 spiro atoms. The largest absolute Gasteiger partial charge is 0.336 e. The first-order chi connectivity index (χ1) is 8.46. The average Bonchev–Trinajstić information content (AvgIpc) is 2.81. The van der Waals surface area contributed by atoms with E-state index in [1.807, 2.05) is 13.8 Å². The summed E-state index contributed by atoms with van der Waals surface area (Å²) in [5.41, 5.74) is 6.00. The van der Waals surface area contributed by atoms with Gasteiger partial charge in [-0.3, -0.25) is 0 Å². The van der Waals surface area contributed by atoms with Crippen LogP contribution in [0.25, 0.3) is 0 Å². The molecule has 102 valence electrons. The van der Waals surface area contributed by atoms with Crippen molar-refractivity contribution in [2.75, 3.05) is 6.54 Å². The molecule has 0 saturated carbocycles. The van der Waals surface area contributed by atoms with E-state index in [-0.39, 0.29) is 10.9 Å². The van der Waals surface area contributed by atoms with Crippen molar-refractivity contribution in [1.82, 2.24) is 13.9 Å². The SMILES string of the molecule is CCn1cnc(S(=O)(=O)N2CCCC(C)C2N)c1. The molecule has 2 atom stereocenters. The first kappa shape index (κ1) is 13.5. The van der Waals surface area contributed by atoms with Crippen LogP contribution in [0.1, 0.15) is 26.7 Å². The first-order valence-electron chi connectivity index (χ1n) is 6.26. The fourth-order valence-corrected chi connectivity index (χ4v) is 3.81. The number of imidazole rings is 1. The van der Waals surface area contributed by atoms with Gasteiger partial charge >= 0.3 is 0 Å². The molecule has 1 aliphatic heterocycles. The van der Waals surface area contributed by atoms with E-state index in [2.05, 4.69) is 4.98 Å². The van der Waals surface area contributed by atoms with Crippen LogP contribution in [0.15, 0.2) is 17.6 Å². The van der Waals surface area contributed by atoms with Gasteiger partial charge in [0.25, 0.3) is 10.0 Å². The van der Waals surface area contributed by atoms with Crippen LogP contribution in [0.4, 0.5) is 0 Å². The summed E-state index contributed by atoms with van der Waals surface area (Å²) < 4.78 is 28.0. The highest BCUT2D eigenvalue weighted by Gasteiger charge is 2.36. The maximum atomic E-state index is 12.4. The van der Waals surface area contributed by atoms with E-state index in [0.29, 0.717) is 13.1 Å². The molecule has 1 aromatic heterocycles. The Balaban J connectivity index is 2.30. The summed E-state index contributed by atoms with van der Waals surface area (Å²) in [6.07, 6.45) is 4.46. The molecule has 1 aromatic rings. The van der Waals surface area contributed by atoms with E-state index in [9.17, 15) is 8.42 Å². The molecule has 0 amide bonds. The zero-order valence-electron chi connectivity index (χ0n) is 10.8. The highest BCUT2D eigenvalue weighted by Crippen LogP contribution is 2.25. The molecule has 0 bridgehead atoms. The third-order valence-corrected chi connectivity index (χ3v) is 5.28. The second-order valence-electron chi connectivity index (χ2n) is 4.77. The van der Waals surface area contributed by atoms with Crippen LogP contribution in [-0.2, 0) is 16.6 Å². The van der Waals surface area contributed by atoms with Crippen molar-refractivity contribution in [3.63, 3.8) is 0 Å². The van der Waals surface area contributed by atoms with Crippen LogP contribution in [0.5, 0.6) is 0 Å². The number of sulfonamides is 1. The summed E-state index contributed by atoms with van der Waals surface area (Å²) >= 11 is 0. The van der Waals surface area contributed by atoms with Crippen molar-refractivity contribution in [1.29, 1.82) is 0 Å². The first-order valence-corrected chi connectivity index (χ1v) is 7.70. The minimum Gasteiger partial charge on any atom is -0.336 e. The molecule has 0 radical (unpaired) electrons. The van der Waals surface area contributed by atoms with Crippen molar-refractivity contribution in [3.05, 3.63) is 12.5 Å². The lowest BCUT2D eigenvalue weighted by Gasteiger charge is -2.35. The maximum Gasteiger partial charge on any atom is 0.263 e. The number of aryl methyl sites for hydroxylation is 1. The molecule has 2 rings (SSSR count). The van der Waals surface area contributed by atoms with Crippen LogP contribution in [-0.4, -0.2) is 35.0 Å². The van der Waals surface area contributed by atoms with Crippen molar-refractivity contribution < 1.29 is 8.42 Å². The number of piperidine rings is 1. The summed E-state index contributed by atoms with van der Waals surface area (Å²) in [4.78, 5) is 3.97. The smallest absolute Gasteiger partial charge is 0.263 e. The van der Waals surface area contributed by atoms with E-state index in [1.54, 1.807) is 10.8 Å². The lowest BCUT2D eigenvalue weighted by molar-refractivity contribution is 0.192. The van der Waals surface area contributed by atoms with Gasteiger partial charge in [0.1, 0.15) is 0 Å². The van der Waals surface area contributed by atoms with Gasteiger partial charge in [-0.15, -0.1) is 0 Å². The zero-order valence-corrected chi connectivity index (χ0v) is 11.6. The minimum absolute atomic E-state index is 0.0916. The second-order valence-corrected chi connectivity index (χ2v) is 6.61. The molecule has 2 unspecified atom stereocenters. The third kappa shape index (κ3) is 2.30. The predicted molar refractivity (Wildman–Crippen MR) is 68.2 cm³/mol. The Morgan fingerprint density at radius 2 is 2.28 bits per heavy atom. The quantitative estimate of drug-likeness (QED) is 0.874. The molecule has 1 saturated heterocycles. The predicted octanol–water partition coefficient (Wildman–Crippen LogP) is 0.608. The summed E-state index contributed by atoms with van der Waals surface area (Å²) in [7, 11) is -3.56. The van der Waals surface area contributed by atoms with Crippen LogP contribution in [0, 0.1) is 5.92 Å². The number of aromatic nitrogens is 2. The Bertz CT molecular complexity index is 511. The van der Waals surface area contributed by atoms with E-state index in [0.717, 1.165) is 12.8 Å². The van der Waals surface area contributed by atoms with Crippen LogP contribution < -0.4 is 5.73 Å². The Labute approximate surface area is 108 Å². The van der Waals surface area contributed by atoms with E-state index in [1.165, 1.54) is 10.6 Å². The second kappa shape index (κ2) is 4.99. The zero-order chi connectivity index (χ0) is 13.3. The van der Waals surface area contributed by atoms with Crippen molar-refractivity contribution in [2.24, 2.45) is 11.7 Å². The Hall–Kier alpha value is -0.920. The fraction of sp³-hybridized carbons (Fsp3) is 0.727. The molecule has 2 heterocycles. The lowest BCUT2D eigenvalue weighted by atomic mass is 9.99. The van der Waals surface area contributed by atoms with E-state index in [4.69, 9.17) is 5.73 Å². The Kier molecular flexibility index (Phi) is 3.74. The van der Waals surface area contributed by atoms with Crippen molar-refractivity contribution >= 4 is 10.0 Å². The number of rotatable bonds is 3. The van der Waals surface area contributed by atoms with Gasteiger partial charge in [0.05, 0.1) is 12.5 Å². The van der Waals surface area contributed by atoms with Crippen LogP contribution in [0.3, 0.4) is 0 Å². The van der Waals surface area contributed by atoms with Crippen LogP contribution in [0.2, 0.25) is 0 Å². The van der Waals surface area contributed by atoms with Gasteiger partial charge in [0, 0.05) is 19.3 Å². The summed E-state index contributed by atoms with van der Waals surface area (Å²) in [5.74, 6) is 0.182. The van der Waals surface area contributed by atoms with Gasteiger partial charge in [-0.2, -0.15) is 4.31 Å². The van der Waals surface area contributed by atoms with E-state index < -0.39 is 16.2 Å². The monoisotopic (exact) mass is 272 g/mol. The summed E-state index contributed by atoms with van der Waals surface area (Å²) in [6, 6.07) is 0. The normalized spacial score (nSPS) is 26.4. The molecule has 18 heavy (non-hydrogen) atoms. The topological polar surface area (TPSA) is 81.2 Å². The Morgan fingerprint density at radius 1 is 1.56 bits per heavy atom. The van der Waals surface area contributed by atoms with Gasteiger partial charge in [-0.1, -0.05) is 6.92 Å². The number of nitrogens with two attached hydrogens (primary N) is 1. The summed E-state index contributed by atoms with van der Waals surface area (Å²) in [5, 5.41) is 0.0916. The van der Waals surface area contributed by atoms with Crippen LogP contribution >= 0.6 is 0 Å². The molecule has 0 aromatic carbocycles. The third-order valence-electron chi connectivity index (χ3n) is 3.50. The Morgan fingerprint density at radius 3 is 2.89 bits per heavy atom. The fourth-order valence-electron chi connectivity index (χ4n) is 2.22. The van der Waals surface area contributed by atoms with Gasteiger partial charge in [0.15, 0.2) is 5.03 Å². The van der Waals surface area contributed by atoms with Crippen molar-refractivity contribution in [2.45, 2.75) is 44.4 Å². The molecule has 6 nitrogen and oxygen atoms in total. The van der Waals surface area contributed by atoms with E-state index >= 15 is 0 Å². The van der Waals surface area contributed by atoms with Gasteiger partial charge in [0.2, 0.25) is 0 Å². The standard InChI is InChI=1S/C11H20N4O2S/c1-3-14-7-10(13-8-14)18(16,17)15-6-4-5-9(2)11(15)12/h7-9,11H,3-6,12H2,1-2H3. The lowest BCUT2D eigenvalue weighted by Crippen LogP contribution is -2.52. The van der Waals surface area contributed by atoms with Crippen molar-refractivity contribution in [3.8, 4) is 0 Å².